The van der Waals surface area contributed by atoms with Crippen LogP contribution in [0.2, 0.25) is 10.3 Å². The molecule has 1 aromatic carbocycles. The fraction of sp³-hybridized carbons (Fsp3) is 0.360. The van der Waals surface area contributed by atoms with E-state index in [1.165, 1.54) is 13.3 Å². The van der Waals surface area contributed by atoms with E-state index in [1.807, 2.05) is 55.4 Å². The molecule has 0 N–H and O–H groups in total. The monoisotopic (exact) mass is 567 g/mol. The number of hydrogen-bond donors (Lipinski definition) is 0. The number of hydrogen-bond acceptors (Lipinski definition) is 8. The number of aryl methyl sites for hydroxylation is 4. The van der Waals surface area contributed by atoms with Crippen molar-refractivity contribution in [3.63, 3.8) is 0 Å². The number of Topliss-reactive ketones (excluding diaryl/α,β-unsaturated/α-hetero) is 1. The van der Waals surface area contributed by atoms with Gasteiger partial charge >= 0.3 is 0 Å². The third-order valence-electron chi connectivity index (χ3n) is 3.59. The minimum Gasteiger partial charge on any atom is -0.376 e. The molecule has 0 spiro atoms. The zero-order valence-electron chi connectivity index (χ0n) is 22.1. The van der Waals surface area contributed by atoms with Crippen LogP contribution in [0.1, 0.15) is 68.0 Å². The van der Waals surface area contributed by atoms with E-state index in [-0.39, 0.29) is 34.6 Å². The fourth-order valence-electron chi connectivity index (χ4n) is 2.35. The van der Waals surface area contributed by atoms with E-state index in [0.717, 1.165) is 23.0 Å². The second-order valence-corrected chi connectivity index (χ2v) is 7.08. The van der Waals surface area contributed by atoms with Gasteiger partial charge in [0.15, 0.2) is 16.1 Å². The fourth-order valence-corrected chi connectivity index (χ4v) is 2.61. The summed E-state index contributed by atoms with van der Waals surface area (Å²) >= 11 is 11.4. The van der Waals surface area contributed by atoms with Gasteiger partial charge < -0.3 is 9.97 Å². The molecule has 1 radical (unpaired) electrons. The molecule has 8 nitrogen and oxygen atoms in total. The molecule has 0 saturated heterocycles. The van der Waals surface area contributed by atoms with Crippen molar-refractivity contribution < 1.29 is 23.4 Å². The zero-order chi connectivity index (χ0) is 27.0. The van der Waals surface area contributed by atoms with Crippen LogP contribution >= 0.6 is 23.2 Å². The predicted octanol–water partition coefficient (Wildman–Crippen LogP) is 6.57. The molecule has 0 fully saturated rings. The predicted molar refractivity (Wildman–Crippen MR) is 142 cm³/mol. The van der Waals surface area contributed by atoms with Crippen molar-refractivity contribution >= 4 is 40.0 Å². The quantitative estimate of drug-likeness (QED) is 0.187. The molecule has 0 unspecified atom stereocenters. The van der Waals surface area contributed by atoms with Gasteiger partial charge in [-0.1, -0.05) is 70.2 Å². The Kier molecular flexibility index (Phi) is 19.5. The molecular formula is C25H32Cl2N7OV-. The average molecular weight is 568 g/mol. The van der Waals surface area contributed by atoms with Gasteiger partial charge in [0.1, 0.15) is 17.5 Å². The van der Waals surface area contributed by atoms with Crippen LogP contribution in [0.25, 0.3) is 11.0 Å². The van der Waals surface area contributed by atoms with Gasteiger partial charge in [0, 0.05) is 24.1 Å². The largest absolute Gasteiger partial charge is 0.376 e. The number of aromatic nitrogens is 7. The topological polar surface area (TPSA) is 107 Å². The molecule has 36 heavy (non-hydrogen) atoms. The van der Waals surface area contributed by atoms with Gasteiger partial charge in [-0.2, -0.15) is 0 Å². The Morgan fingerprint density at radius 1 is 0.778 bits per heavy atom. The van der Waals surface area contributed by atoms with Crippen LogP contribution in [-0.4, -0.2) is 40.7 Å². The Hall–Kier alpha value is -2.52. The molecule has 4 rings (SSSR count). The second kappa shape index (κ2) is 19.6. The van der Waals surface area contributed by atoms with Crippen molar-refractivity contribution in [2.45, 2.75) is 62.3 Å². The first-order valence-electron chi connectivity index (χ1n) is 11.1. The van der Waals surface area contributed by atoms with Crippen molar-refractivity contribution in [3.8, 4) is 0 Å². The summed E-state index contributed by atoms with van der Waals surface area (Å²) in [5.74, 6) is 2.35. The van der Waals surface area contributed by atoms with Gasteiger partial charge in [-0.3, -0.25) is 4.79 Å². The molecule has 3 heterocycles. The molecule has 0 amide bonds. The number of rotatable bonds is 1. The maximum absolute atomic E-state index is 11.1. The van der Waals surface area contributed by atoms with E-state index in [9.17, 15) is 4.79 Å². The maximum atomic E-state index is 11.1. The summed E-state index contributed by atoms with van der Waals surface area (Å²) in [7, 11) is 0. The minimum atomic E-state index is -0.0234. The number of fused-ring (bicyclic) bond motifs is 1. The molecule has 0 aliphatic heterocycles. The van der Waals surface area contributed by atoms with Gasteiger partial charge in [0.05, 0.1) is 11.0 Å². The average Bonchev–Trinajstić information content (AvgIpc) is 2.82. The van der Waals surface area contributed by atoms with E-state index in [2.05, 4.69) is 41.1 Å². The van der Waals surface area contributed by atoms with Crippen molar-refractivity contribution in [2.75, 3.05) is 0 Å². The third kappa shape index (κ3) is 13.5. The van der Waals surface area contributed by atoms with Gasteiger partial charge in [0.2, 0.25) is 0 Å². The Morgan fingerprint density at radius 3 is 1.61 bits per heavy atom. The summed E-state index contributed by atoms with van der Waals surface area (Å²) in [6, 6.07) is 5.03. The molecule has 0 aliphatic carbocycles. The first-order valence-corrected chi connectivity index (χ1v) is 11.8. The summed E-state index contributed by atoms with van der Waals surface area (Å²) < 4.78 is 0. The van der Waals surface area contributed by atoms with Crippen LogP contribution in [0, 0.1) is 33.9 Å². The number of nitrogens with zero attached hydrogens (tertiary/aromatic N) is 7. The smallest absolute Gasteiger partial charge is 0.167 e. The van der Waals surface area contributed by atoms with E-state index >= 15 is 0 Å². The van der Waals surface area contributed by atoms with Crippen molar-refractivity contribution in [1.29, 1.82) is 0 Å². The normalized spacial score (nSPS) is 8.86. The molecule has 0 aliphatic rings. The van der Waals surface area contributed by atoms with Gasteiger partial charge in [-0.25, -0.2) is 24.9 Å². The molecule has 0 saturated carbocycles. The zero-order valence-corrected chi connectivity index (χ0v) is 25.0. The summed E-state index contributed by atoms with van der Waals surface area (Å²) in [6.45, 7) is 17.0. The maximum Gasteiger partial charge on any atom is 0.167 e. The van der Waals surface area contributed by atoms with E-state index < -0.39 is 0 Å². The minimum absolute atomic E-state index is 0. The Balaban J connectivity index is 0. The number of carbonyl (C=O) groups is 1. The molecule has 4 aromatic rings. The number of benzene rings is 1. The van der Waals surface area contributed by atoms with Crippen LogP contribution in [-0.2, 0) is 18.6 Å². The van der Waals surface area contributed by atoms with E-state index in [0.29, 0.717) is 16.6 Å². The van der Waals surface area contributed by atoms with Gasteiger partial charge in [-0.15, -0.1) is 5.56 Å². The van der Waals surface area contributed by atoms with Crippen molar-refractivity contribution in [3.05, 3.63) is 75.8 Å². The standard InChI is InChI=1S/C10H6Cl2N2O.C6H9N3.C5H5N2.2C2H6.V/c1-5(15)6-2-3-7-8(4-6)14-10(12)9(11)13-7;1-4-7-5(2)9-6(3)8-4;1-5-2-6-4-7-3-5;2*1-2;/h2-4H,1H3;1-3H3;2,4H,1H3;2*1-2H3;/q;;-1;;;. The second-order valence-electron chi connectivity index (χ2n) is 6.36. The van der Waals surface area contributed by atoms with Crippen LogP contribution in [0.15, 0.2) is 30.7 Å². The molecule has 193 valence electrons. The molecular weight excluding hydrogens is 536 g/mol. The summed E-state index contributed by atoms with van der Waals surface area (Å²) in [5, 5.41) is 0.310. The molecule has 0 atom stereocenters. The van der Waals surface area contributed by atoms with Crippen LogP contribution in [0.3, 0.4) is 0 Å². The van der Waals surface area contributed by atoms with E-state index in [1.54, 1.807) is 24.4 Å². The Labute approximate surface area is 235 Å². The SMILES string of the molecule is CC.CC.CC(=O)c1ccc2nc(Cl)c(Cl)nc2c1.Cc1[c-]ncnc1.Cc1nc(C)nc(C)n1.[V]. The molecule has 3 aromatic heterocycles. The molecule has 11 heteroatoms. The summed E-state index contributed by atoms with van der Waals surface area (Å²) in [4.78, 5) is 38.6. The summed E-state index contributed by atoms with van der Waals surface area (Å²) in [6.07, 6.45) is 5.90. The van der Waals surface area contributed by atoms with Crippen LogP contribution < -0.4 is 0 Å². The Bertz CT molecular complexity index is 1150. The number of ketones is 1. The van der Waals surface area contributed by atoms with Crippen LogP contribution in [0.4, 0.5) is 0 Å². The first kappa shape index (κ1) is 35.6. The number of carbonyl (C=O) groups excluding carboxylic acids is 1. The van der Waals surface area contributed by atoms with E-state index in [4.69, 9.17) is 23.2 Å². The summed E-state index contributed by atoms with van der Waals surface area (Å²) in [5.41, 5.74) is 2.74. The van der Waals surface area contributed by atoms with Crippen LogP contribution in [0.5, 0.6) is 0 Å². The van der Waals surface area contributed by atoms with Gasteiger partial charge in [-0.05, 0) is 52.2 Å². The first-order chi connectivity index (χ1) is 16.7. The molecule has 0 bridgehead atoms. The van der Waals surface area contributed by atoms with Crippen molar-refractivity contribution in [2.24, 2.45) is 0 Å². The Morgan fingerprint density at radius 2 is 1.25 bits per heavy atom. The number of halogens is 2. The third-order valence-corrected chi connectivity index (χ3v) is 4.22. The van der Waals surface area contributed by atoms with Crippen molar-refractivity contribution in [1.82, 2.24) is 34.9 Å². The van der Waals surface area contributed by atoms with Gasteiger partial charge in [0.25, 0.3) is 0 Å².